The van der Waals surface area contributed by atoms with Gasteiger partial charge >= 0.3 is 0 Å². The van der Waals surface area contributed by atoms with Gasteiger partial charge in [-0.3, -0.25) is 0 Å². The number of halogens is 1. The molecule has 22 heavy (non-hydrogen) atoms. The molecule has 1 atom stereocenters. The van der Waals surface area contributed by atoms with Gasteiger partial charge in [-0.05, 0) is 45.6 Å². The van der Waals surface area contributed by atoms with Crippen molar-refractivity contribution in [1.82, 2.24) is 5.32 Å². The molecule has 118 valence electrons. The third kappa shape index (κ3) is 5.13. The van der Waals surface area contributed by atoms with Crippen LogP contribution in [0.25, 0.3) is 0 Å². The maximum Gasteiger partial charge on any atom is 0.134 e. The molecule has 0 saturated heterocycles. The van der Waals surface area contributed by atoms with Gasteiger partial charge in [-0.15, -0.1) is 0 Å². The lowest BCUT2D eigenvalue weighted by atomic mass is 10.2. The predicted molar refractivity (Wildman–Crippen MR) is 92.9 cm³/mol. The van der Waals surface area contributed by atoms with E-state index >= 15 is 0 Å². The molecule has 2 aromatic carbocycles. The van der Waals surface area contributed by atoms with Crippen molar-refractivity contribution in [1.29, 1.82) is 0 Å². The molecule has 2 N–H and O–H groups in total. The molecular formula is C18H22BrNO2. The molecule has 0 unspecified atom stereocenters. The zero-order valence-electron chi connectivity index (χ0n) is 12.8. The summed E-state index contributed by atoms with van der Waals surface area (Å²) in [6.07, 6.45) is 0.913. The summed E-state index contributed by atoms with van der Waals surface area (Å²) in [6.45, 7) is 3.51. The van der Waals surface area contributed by atoms with Crippen molar-refractivity contribution in [2.24, 2.45) is 0 Å². The lowest BCUT2D eigenvalue weighted by molar-refractivity contribution is 0.238. The summed E-state index contributed by atoms with van der Waals surface area (Å²) in [7, 11) is 0. The molecule has 0 aliphatic heterocycles. The molecule has 0 aromatic heterocycles. The number of nitrogens with one attached hydrogen (secondary N) is 1. The molecule has 0 fully saturated rings. The van der Waals surface area contributed by atoms with E-state index in [9.17, 15) is 5.11 Å². The van der Waals surface area contributed by atoms with Crippen LogP contribution in [0.2, 0.25) is 0 Å². The van der Waals surface area contributed by atoms with Gasteiger partial charge in [0, 0.05) is 12.6 Å². The number of ether oxygens (including phenoxy) is 1. The number of benzene rings is 2. The molecular weight excluding hydrogens is 342 g/mol. The van der Waals surface area contributed by atoms with Crippen molar-refractivity contribution in [2.75, 3.05) is 6.61 Å². The second kappa shape index (κ2) is 8.93. The van der Waals surface area contributed by atoms with Crippen molar-refractivity contribution < 1.29 is 9.84 Å². The van der Waals surface area contributed by atoms with Crippen molar-refractivity contribution >= 4 is 15.9 Å². The minimum absolute atomic E-state index is 0.146. The van der Waals surface area contributed by atoms with E-state index in [0.29, 0.717) is 6.61 Å². The van der Waals surface area contributed by atoms with E-state index in [2.05, 4.69) is 34.2 Å². The largest absolute Gasteiger partial charge is 0.488 e. The van der Waals surface area contributed by atoms with E-state index in [1.165, 1.54) is 0 Å². The van der Waals surface area contributed by atoms with Crippen molar-refractivity contribution in [3.05, 3.63) is 64.1 Å². The van der Waals surface area contributed by atoms with Gasteiger partial charge in [0.05, 0.1) is 11.1 Å². The summed E-state index contributed by atoms with van der Waals surface area (Å²) in [5.74, 6) is 0.835. The van der Waals surface area contributed by atoms with Gasteiger partial charge in [0.1, 0.15) is 12.4 Å². The fourth-order valence-corrected chi connectivity index (χ4v) is 2.65. The topological polar surface area (TPSA) is 41.5 Å². The molecule has 0 saturated carbocycles. The Morgan fingerprint density at radius 1 is 1.14 bits per heavy atom. The van der Waals surface area contributed by atoms with Gasteiger partial charge in [0.25, 0.3) is 0 Å². The van der Waals surface area contributed by atoms with E-state index in [4.69, 9.17) is 4.74 Å². The summed E-state index contributed by atoms with van der Waals surface area (Å²) >= 11 is 3.56. The first-order valence-corrected chi connectivity index (χ1v) is 8.31. The van der Waals surface area contributed by atoms with Crippen LogP contribution in [0.15, 0.2) is 53.0 Å². The smallest absolute Gasteiger partial charge is 0.134 e. The van der Waals surface area contributed by atoms with Crippen molar-refractivity contribution in [2.45, 2.75) is 32.5 Å². The van der Waals surface area contributed by atoms with E-state index in [-0.39, 0.29) is 12.6 Å². The molecule has 0 amide bonds. The van der Waals surface area contributed by atoms with Gasteiger partial charge in [-0.2, -0.15) is 0 Å². The lowest BCUT2D eigenvalue weighted by Crippen LogP contribution is -2.31. The highest BCUT2D eigenvalue weighted by Crippen LogP contribution is 2.26. The summed E-state index contributed by atoms with van der Waals surface area (Å²) in [5.41, 5.74) is 2.31. The van der Waals surface area contributed by atoms with Crippen LogP contribution in [-0.4, -0.2) is 17.8 Å². The Morgan fingerprint density at radius 3 is 2.55 bits per heavy atom. The highest BCUT2D eigenvalue weighted by Gasteiger charge is 2.06. The molecule has 0 aliphatic carbocycles. The van der Waals surface area contributed by atoms with Crippen LogP contribution in [0.3, 0.4) is 0 Å². The molecule has 0 heterocycles. The normalized spacial score (nSPS) is 12.1. The van der Waals surface area contributed by atoms with Gasteiger partial charge in [0.2, 0.25) is 0 Å². The van der Waals surface area contributed by atoms with Crippen LogP contribution < -0.4 is 10.1 Å². The maximum absolute atomic E-state index is 9.19. The first-order chi connectivity index (χ1) is 10.7. The van der Waals surface area contributed by atoms with Crippen molar-refractivity contribution in [3.8, 4) is 5.75 Å². The predicted octanol–water partition coefficient (Wildman–Crippen LogP) is 3.89. The monoisotopic (exact) mass is 363 g/mol. The van der Waals surface area contributed by atoms with Crippen LogP contribution in [0.1, 0.15) is 24.5 Å². The van der Waals surface area contributed by atoms with Gasteiger partial charge in [-0.1, -0.05) is 43.3 Å². The molecule has 0 spiro atoms. The Bertz CT molecular complexity index is 571. The van der Waals surface area contributed by atoms with E-state index in [1.807, 2.05) is 42.5 Å². The summed E-state index contributed by atoms with van der Waals surface area (Å²) in [6, 6.07) is 16.3. The summed E-state index contributed by atoms with van der Waals surface area (Å²) in [4.78, 5) is 0. The maximum atomic E-state index is 9.19. The summed E-state index contributed by atoms with van der Waals surface area (Å²) < 4.78 is 6.78. The van der Waals surface area contributed by atoms with E-state index < -0.39 is 0 Å². The number of hydrogen-bond donors (Lipinski definition) is 2. The van der Waals surface area contributed by atoms with Crippen LogP contribution >= 0.6 is 15.9 Å². The van der Waals surface area contributed by atoms with Crippen LogP contribution in [-0.2, 0) is 13.2 Å². The Morgan fingerprint density at radius 2 is 1.91 bits per heavy atom. The van der Waals surface area contributed by atoms with Gasteiger partial charge in [-0.25, -0.2) is 0 Å². The van der Waals surface area contributed by atoms with E-state index in [1.54, 1.807) is 0 Å². The fourth-order valence-electron chi connectivity index (χ4n) is 2.11. The zero-order chi connectivity index (χ0) is 15.8. The number of rotatable bonds is 8. The zero-order valence-corrected chi connectivity index (χ0v) is 14.3. The van der Waals surface area contributed by atoms with Crippen LogP contribution in [0, 0.1) is 0 Å². The minimum atomic E-state index is 0.146. The number of aliphatic hydroxyl groups excluding tert-OH is 1. The lowest BCUT2D eigenvalue weighted by Gasteiger charge is -2.15. The van der Waals surface area contributed by atoms with Gasteiger partial charge < -0.3 is 15.2 Å². The molecule has 0 aliphatic rings. The quantitative estimate of drug-likeness (QED) is 0.747. The molecule has 4 heteroatoms. The average molecular weight is 364 g/mol. The fraction of sp³-hybridized carbons (Fsp3) is 0.333. The third-order valence-electron chi connectivity index (χ3n) is 3.54. The van der Waals surface area contributed by atoms with Gasteiger partial charge in [0.15, 0.2) is 0 Å². The highest BCUT2D eigenvalue weighted by molar-refractivity contribution is 9.10. The first kappa shape index (κ1) is 17.0. The van der Waals surface area contributed by atoms with Crippen LogP contribution in [0.5, 0.6) is 5.75 Å². The minimum Gasteiger partial charge on any atom is -0.488 e. The molecule has 2 aromatic rings. The second-order valence-corrected chi connectivity index (χ2v) is 6.06. The van der Waals surface area contributed by atoms with Crippen molar-refractivity contribution in [3.63, 3.8) is 0 Å². The number of aliphatic hydroxyl groups is 1. The van der Waals surface area contributed by atoms with Crippen LogP contribution in [0.4, 0.5) is 0 Å². The highest BCUT2D eigenvalue weighted by atomic mass is 79.9. The SMILES string of the molecule is CC[C@H](CO)NCc1ccc(OCc2ccccc2)c(Br)c1. The summed E-state index contributed by atoms with van der Waals surface area (Å²) in [5, 5.41) is 12.5. The Kier molecular flexibility index (Phi) is 6.90. The Balaban J connectivity index is 1.92. The Hall–Kier alpha value is -1.36. The molecule has 3 nitrogen and oxygen atoms in total. The molecule has 0 radical (unpaired) electrons. The number of hydrogen-bond acceptors (Lipinski definition) is 3. The molecule has 0 bridgehead atoms. The second-order valence-electron chi connectivity index (χ2n) is 5.21. The molecule has 2 rings (SSSR count). The standard InChI is InChI=1S/C18H22BrNO2/c1-2-16(12-21)20-11-15-8-9-18(17(19)10-15)22-13-14-6-4-3-5-7-14/h3-10,16,20-21H,2,11-13H2,1H3/t16-/m1/s1. The third-order valence-corrected chi connectivity index (χ3v) is 4.16. The average Bonchev–Trinajstić information content (AvgIpc) is 2.56. The first-order valence-electron chi connectivity index (χ1n) is 7.52. The Labute approximate surface area is 140 Å². The van der Waals surface area contributed by atoms with E-state index in [0.717, 1.165) is 34.3 Å².